The maximum absolute atomic E-state index is 6.11. The summed E-state index contributed by atoms with van der Waals surface area (Å²) in [4.78, 5) is 4.64. The van der Waals surface area contributed by atoms with Crippen molar-refractivity contribution in [3.8, 4) is 0 Å². The van der Waals surface area contributed by atoms with E-state index in [9.17, 15) is 0 Å². The molecule has 2 rings (SSSR count). The van der Waals surface area contributed by atoms with E-state index in [0.717, 1.165) is 37.5 Å². The van der Waals surface area contributed by atoms with Gasteiger partial charge in [0.1, 0.15) is 5.82 Å². The normalized spacial score (nSPS) is 24.8. The predicted octanol–water partition coefficient (Wildman–Crippen LogP) is 2.22. The Kier molecular flexibility index (Phi) is 3.28. The van der Waals surface area contributed by atoms with Crippen LogP contribution in [-0.2, 0) is 6.54 Å². The minimum atomic E-state index is 0.0689. The van der Waals surface area contributed by atoms with Gasteiger partial charge in [0, 0.05) is 12.5 Å². The smallest absolute Gasteiger partial charge is 0.154 e. The molecule has 16 heavy (non-hydrogen) atoms. The highest BCUT2D eigenvalue weighted by Gasteiger charge is 2.26. The van der Waals surface area contributed by atoms with E-state index < -0.39 is 0 Å². The largest absolute Gasteiger partial charge is 0.321 e. The van der Waals surface area contributed by atoms with Crippen molar-refractivity contribution in [3.05, 3.63) is 11.6 Å². The Morgan fingerprint density at radius 3 is 2.75 bits per heavy atom. The summed E-state index contributed by atoms with van der Waals surface area (Å²) in [5, 5.41) is 4.62. The van der Waals surface area contributed by atoms with Crippen molar-refractivity contribution in [2.75, 3.05) is 0 Å². The highest BCUT2D eigenvalue weighted by atomic mass is 15.4. The first-order chi connectivity index (χ1) is 7.65. The third-order valence-electron chi connectivity index (χ3n) is 3.54. The maximum atomic E-state index is 6.11. The van der Waals surface area contributed by atoms with Crippen LogP contribution < -0.4 is 5.73 Å². The summed E-state index contributed by atoms with van der Waals surface area (Å²) in [5.74, 6) is 3.07. The van der Waals surface area contributed by atoms with E-state index >= 15 is 0 Å². The van der Waals surface area contributed by atoms with Crippen molar-refractivity contribution in [1.29, 1.82) is 0 Å². The molecule has 2 atom stereocenters. The second kappa shape index (κ2) is 4.53. The lowest BCUT2D eigenvalue weighted by atomic mass is 9.98. The van der Waals surface area contributed by atoms with Gasteiger partial charge in [-0.05, 0) is 25.2 Å². The molecule has 0 bridgehead atoms. The molecule has 0 amide bonds. The van der Waals surface area contributed by atoms with E-state index in [0.29, 0.717) is 11.8 Å². The van der Waals surface area contributed by atoms with E-state index in [-0.39, 0.29) is 6.04 Å². The van der Waals surface area contributed by atoms with Gasteiger partial charge in [-0.1, -0.05) is 20.8 Å². The van der Waals surface area contributed by atoms with Gasteiger partial charge in [0.05, 0.1) is 6.04 Å². The summed E-state index contributed by atoms with van der Waals surface area (Å²) in [6.07, 6.45) is 3.23. The second-order valence-corrected chi connectivity index (χ2v) is 4.97. The van der Waals surface area contributed by atoms with Crippen molar-refractivity contribution >= 4 is 0 Å². The van der Waals surface area contributed by atoms with Crippen LogP contribution in [0.15, 0.2) is 0 Å². The zero-order valence-electron chi connectivity index (χ0n) is 10.5. The van der Waals surface area contributed by atoms with Gasteiger partial charge in [-0.3, -0.25) is 0 Å². The van der Waals surface area contributed by atoms with Gasteiger partial charge in [0.25, 0.3) is 0 Å². The Morgan fingerprint density at radius 2 is 2.12 bits per heavy atom. The number of fused-ring (bicyclic) bond motifs is 1. The predicted molar refractivity (Wildman–Crippen MR) is 64.1 cm³/mol. The van der Waals surface area contributed by atoms with E-state index in [1.165, 1.54) is 0 Å². The summed E-state index contributed by atoms with van der Waals surface area (Å²) in [7, 11) is 0. The maximum Gasteiger partial charge on any atom is 0.154 e. The first-order valence-corrected chi connectivity index (χ1v) is 6.35. The molecule has 0 aromatic carbocycles. The Morgan fingerprint density at radius 1 is 1.44 bits per heavy atom. The summed E-state index contributed by atoms with van der Waals surface area (Å²) in [6, 6.07) is 0.0689. The molecule has 1 aromatic heterocycles. The van der Waals surface area contributed by atoms with E-state index in [1.54, 1.807) is 0 Å². The van der Waals surface area contributed by atoms with Gasteiger partial charge in [0.2, 0.25) is 0 Å². The lowest BCUT2D eigenvalue weighted by Gasteiger charge is -2.23. The molecular weight excluding hydrogens is 200 g/mol. The lowest BCUT2D eigenvalue weighted by molar-refractivity contribution is 0.325. The molecule has 0 aliphatic carbocycles. The molecule has 2 heterocycles. The van der Waals surface area contributed by atoms with Crippen molar-refractivity contribution in [2.24, 2.45) is 11.7 Å². The number of nitrogens with two attached hydrogens (primary N) is 1. The van der Waals surface area contributed by atoms with E-state index in [2.05, 4.69) is 30.9 Å². The lowest BCUT2D eigenvalue weighted by Crippen LogP contribution is -2.27. The standard InChI is InChI=1S/C12H22N4/c1-4-9(5-2)11-14-12-10(13)6-8(3)7-16(12)15-11/h8-10H,4-7,13H2,1-3H3. The van der Waals surface area contributed by atoms with Crippen molar-refractivity contribution in [1.82, 2.24) is 14.8 Å². The van der Waals surface area contributed by atoms with Crippen LogP contribution in [0.5, 0.6) is 0 Å². The first-order valence-electron chi connectivity index (χ1n) is 6.35. The van der Waals surface area contributed by atoms with Crippen LogP contribution in [0.1, 0.15) is 63.6 Å². The van der Waals surface area contributed by atoms with Crippen LogP contribution >= 0.6 is 0 Å². The Balaban J connectivity index is 2.29. The minimum absolute atomic E-state index is 0.0689. The van der Waals surface area contributed by atoms with Gasteiger partial charge >= 0.3 is 0 Å². The summed E-state index contributed by atoms with van der Waals surface area (Å²) in [6.45, 7) is 7.57. The average molecular weight is 222 g/mol. The number of hydrogen-bond acceptors (Lipinski definition) is 3. The SMILES string of the molecule is CCC(CC)c1nc2n(n1)CC(C)CC2N. The van der Waals surface area contributed by atoms with Crippen LogP contribution in [0.2, 0.25) is 0 Å². The molecule has 0 spiro atoms. The molecule has 0 radical (unpaired) electrons. The molecule has 2 N–H and O–H groups in total. The molecule has 0 saturated carbocycles. The molecule has 0 fully saturated rings. The molecule has 1 aromatic rings. The van der Waals surface area contributed by atoms with Crippen LogP contribution in [0.25, 0.3) is 0 Å². The molecular formula is C12H22N4. The van der Waals surface area contributed by atoms with Crippen LogP contribution in [0.4, 0.5) is 0 Å². The molecule has 0 saturated heterocycles. The summed E-state index contributed by atoms with van der Waals surface area (Å²) < 4.78 is 2.02. The first kappa shape index (κ1) is 11.6. The van der Waals surface area contributed by atoms with Crippen molar-refractivity contribution < 1.29 is 0 Å². The van der Waals surface area contributed by atoms with Gasteiger partial charge < -0.3 is 5.73 Å². The topological polar surface area (TPSA) is 56.7 Å². The molecule has 1 aliphatic rings. The number of aromatic nitrogens is 3. The van der Waals surface area contributed by atoms with Crippen LogP contribution in [0, 0.1) is 5.92 Å². The van der Waals surface area contributed by atoms with Gasteiger partial charge in [-0.2, -0.15) is 5.10 Å². The Hall–Kier alpha value is -0.900. The van der Waals surface area contributed by atoms with Gasteiger partial charge in [-0.15, -0.1) is 0 Å². The van der Waals surface area contributed by atoms with Gasteiger partial charge in [-0.25, -0.2) is 9.67 Å². The zero-order valence-corrected chi connectivity index (χ0v) is 10.5. The molecule has 90 valence electrons. The summed E-state index contributed by atoms with van der Waals surface area (Å²) >= 11 is 0. The van der Waals surface area contributed by atoms with Gasteiger partial charge in [0.15, 0.2) is 5.82 Å². The number of hydrogen-bond donors (Lipinski definition) is 1. The van der Waals surface area contributed by atoms with E-state index in [1.807, 2.05) is 4.68 Å². The zero-order chi connectivity index (χ0) is 11.7. The van der Waals surface area contributed by atoms with Crippen LogP contribution in [-0.4, -0.2) is 14.8 Å². The Bertz CT molecular complexity index is 354. The highest BCUT2D eigenvalue weighted by Crippen LogP contribution is 2.28. The Labute approximate surface area is 97.2 Å². The van der Waals surface area contributed by atoms with E-state index in [4.69, 9.17) is 5.73 Å². The molecule has 4 heteroatoms. The van der Waals surface area contributed by atoms with Crippen molar-refractivity contribution in [3.63, 3.8) is 0 Å². The fourth-order valence-corrected chi connectivity index (χ4v) is 2.52. The molecule has 2 unspecified atom stereocenters. The fourth-order valence-electron chi connectivity index (χ4n) is 2.52. The minimum Gasteiger partial charge on any atom is -0.321 e. The third kappa shape index (κ3) is 1.98. The average Bonchev–Trinajstić information content (AvgIpc) is 2.63. The summed E-state index contributed by atoms with van der Waals surface area (Å²) in [5.41, 5.74) is 6.11. The number of nitrogens with zero attached hydrogens (tertiary/aromatic N) is 3. The fraction of sp³-hybridized carbons (Fsp3) is 0.833. The second-order valence-electron chi connectivity index (χ2n) is 4.97. The third-order valence-corrected chi connectivity index (χ3v) is 3.54. The number of rotatable bonds is 3. The highest BCUT2D eigenvalue weighted by molar-refractivity contribution is 5.05. The van der Waals surface area contributed by atoms with Crippen LogP contribution in [0.3, 0.4) is 0 Å². The molecule has 4 nitrogen and oxygen atoms in total. The molecule has 1 aliphatic heterocycles. The van der Waals surface area contributed by atoms with Crippen molar-refractivity contribution in [2.45, 2.75) is 58.5 Å². The monoisotopic (exact) mass is 222 g/mol. The quantitative estimate of drug-likeness (QED) is 0.853.